The van der Waals surface area contributed by atoms with Crippen molar-refractivity contribution in [3.63, 3.8) is 0 Å². The van der Waals surface area contributed by atoms with Gasteiger partial charge < -0.3 is 9.73 Å². The smallest absolute Gasteiger partial charge is 0.275 e. The van der Waals surface area contributed by atoms with E-state index >= 15 is 0 Å². The Balaban J connectivity index is 1.83. The normalized spacial score (nSPS) is 17.1. The summed E-state index contributed by atoms with van der Waals surface area (Å²) in [7, 11) is -0.573. The van der Waals surface area contributed by atoms with Gasteiger partial charge in [-0.1, -0.05) is 13.3 Å². The molecule has 25 heavy (non-hydrogen) atoms. The highest BCUT2D eigenvalue weighted by molar-refractivity contribution is 7.88. The molecule has 1 aliphatic heterocycles. The summed E-state index contributed by atoms with van der Waals surface area (Å²) in [6.45, 7) is 5.04. The summed E-state index contributed by atoms with van der Waals surface area (Å²) >= 11 is 0. The molecule has 8 heteroatoms. The van der Waals surface area contributed by atoms with Crippen LogP contribution in [0.3, 0.4) is 0 Å². The summed E-state index contributed by atoms with van der Waals surface area (Å²) in [5, 5.41) is 2.97. The highest BCUT2D eigenvalue weighted by atomic mass is 32.2. The van der Waals surface area contributed by atoms with E-state index in [1.165, 1.54) is 20.2 Å². The lowest BCUT2D eigenvalue weighted by molar-refractivity contribution is -0.126. The Hall–Kier alpha value is -1.38. The van der Waals surface area contributed by atoms with E-state index in [0.29, 0.717) is 12.3 Å². The molecule has 0 aromatic carbocycles. The van der Waals surface area contributed by atoms with Gasteiger partial charge in [-0.3, -0.25) is 9.69 Å². The molecule has 0 spiro atoms. The van der Waals surface area contributed by atoms with Crippen molar-refractivity contribution in [2.75, 3.05) is 33.7 Å². The van der Waals surface area contributed by atoms with E-state index in [9.17, 15) is 13.2 Å². The Kier molecular flexibility index (Phi) is 7.04. The van der Waals surface area contributed by atoms with Gasteiger partial charge in [0.25, 0.3) is 10.0 Å². The van der Waals surface area contributed by atoms with E-state index < -0.39 is 10.0 Å². The van der Waals surface area contributed by atoms with Gasteiger partial charge in [0, 0.05) is 26.6 Å². The van der Waals surface area contributed by atoms with E-state index in [-0.39, 0.29) is 16.9 Å². The van der Waals surface area contributed by atoms with Crippen molar-refractivity contribution >= 4 is 15.9 Å². The number of piperidine rings is 1. The van der Waals surface area contributed by atoms with Gasteiger partial charge in [0.2, 0.25) is 11.0 Å². The molecule has 0 aliphatic carbocycles. The Morgan fingerprint density at radius 2 is 2.00 bits per heavy atom. The molecular weight excluding hydrogens is 342 g/mol. The summed E-state index contributed by atoms with van der Waals surface area (Å²) in [5.41, 5.74) is 0. The predicted molar refractivity (Wildman–Crippen MR) is 95.5 cm³/mol. The first-order chi connectivity index (χ1) is 11.8. The van der Waals surface area contributed by atoms with Crippen LogP contribution < -0.4 is 5.32 Å². The molecule has 0 atom stereocenters. The zero-order valence-corrected chi connectivity index (χ0v) is 16.1. The van der Waals surface area contributed by atoms with Crippen molar-refractivity contribution in [3.05, 3.63) is 17.9 Å². The summed E-state index contributed by atoms with van der Waals surface area (Å²) in [6, 6.07) is 3.21. The molecule has 1 N–H and O–H groups in total. The maximum absolute atomic E-state index is 12.1. The SMILES string of the molecule is CCCCNC(=O)C1CCN(Cc2ccc(S(=O)(=O)N(C)C)o2)CC1. The van der Waals surface area contributed by atoms with Gasteiger partial charge in [-0.15, -0.1) is 0 Å². The first-order valence-electron chi connectivity index (χ1n) is 8.86. The number of carbonyl (C=O) groups excluding carboxylic acids is 1. The average Bonchev–Trinajstić information content (AvgIpc) is 3.04. The number of nitrogens with one attached hydrogen (secondary N) is 1. The highest BCUT2D eigenvalue weighted by Gasteiger charge is 2.26. The Bertz CT molecular complexity index is 661. The molecule has 142 valence electrons. The first kappa shape index (κ1) is 19.9. The fourth-order valence-corrected chi connectivity index (χ4v) is 3.68. The van der Waals surface area contributed by atoms with Crippen molar-refractivity contribution in [1.29, 1.82) is 0 Å². The number of nitrogens with zero attached hydrogens (tertiary/aromatic N) is 2. The molecule has 1 saturated heterocycles. The highest BCUT2D eigenvalue weighted by Crippen LogP contribution is 2.22. The minimum atomic E-state index is -3.53. The van der Waals surface area contributed by atoms with Crippen LogP contribution in [0.5, 0.6) is 0 Å². The van der Waals surface area contributed by atoms with Gasteiger partial charge in [-0.05, 0) is 44.5 Å². The third-order valence-electron chi connectivity index (χ3n) is 4.54. The van der Waals surface area contributed by atoms with Crippen LogP contribution in [0.4, 0.5) is 0 Å². The third-order valence-corrected chi connectivity index (χ3v) is 6.23. The second-order valence-corrected chi connectivity index (χ2v) is 8.79. The summed E-state index contributed by atoms with van der Waals surface area (Å²) in [6.07, 6.45) is 3.73. The van der Waals surface area contributed by atoms with Gasteiger partial charge >= 0.3 is 0 Å². The van der Waals surface area contributed by atoms with Crippen LogP contribution in [-0.2, 0) is 21.4 Å². The number of hydrogen-bond acceptors (Lipinski definition) is 5. The minimum Gasteiger partial charge on any atom is -0.447 e. The van der Waals surface area contributed by atoms with Crippen molar-refractivity contribution in [2.24, 2.45) is 5.92 Å². The van der Waals surface area contributed by atoms with Crippen molar-refractivity contribution < 1.29 is 17.6 Å². The number of hydrogen-bond donors (Lipinski definition) is 1. The van der Waals surface area contributed by atoms with Crippen LogP contribution in [0, 0.1) is 5.92 Å². The zero-order valence-electron chi connectivity index (χ0n) is 15.3. The largest absolute Gasteiger partial charge is 0.447 e. The van der Waals surface area contributed by atoms with Gasteiger partial charge in [-0.2, -0.15) is 0 Å². The molecule has 0 unspecified atom stereocenters. The van der Waals surface area contributed by atoms with E-state index in [2.05, 4.69) is 17.1 Å². The van der Waals surface area contributed by atoms with E-state index in [0.717, 1.165) is 49.6 Å². The minimum absolute atomic E-state index is 0.0299. The summed E-state index contributed by atoms with van der Waals surface area (Å²) < 4.78 is 30.7. The number of carbonyl (C=O) groups is 1. The molecule has 7 nitrogen and oxygen atoms in total. The zero-order chi connectivity index (χ0) is 18.4. The molecule has 1 aliphatic rings. The Labute approximate surface area is 150 Å². The second kappa shape index (κ2) is 8.82. The Morgan fingerprint density at radius 3 is 2.60 bits per heavy atom. The summed E-state index contributed by atoms with van der Waals surface area (Å²) in [4.78, 5) is 14.3. The number of amides is 1. The van der Waals surface area contributed by atoms with Crippen molar-refractivity contribution in [2.45, 2.75) is 44.2 Å². The lowest BCUT2D eigenvalue weighted by Crippen LogP contribution is -2.40. The van der Waals surface area contributed by atoms with Crippen LogP contribution in [0.25, 0.3) is 0 Å². The fraction of sp³-hybridized carbons (Fsp3) is 0.706. The quantitative estimate of drug-likeness (QED) is 0.703. The Morgan fingerprint density at radius 1 is 1.32 bits per heavy atom. The molecule has 1 amide bonds. The molecular formula is C17H29N3O4S. The van der Waals surface area contributed by atoms with E-state index in [1.54, 1.807) is 6.07 Å². The number of rotatable bonds is 8. The molecule has 0 bridgehead atoms. The second-order valence-electron chi connectivity index (χ2n) is 6.70. The fourth-order valence-electron chi connectivity index (χ4n) is 2.87. The number of furan rings is 1. The maximum Gasteiger partial charge on any atom is 0.275 e. The molecule has 2 rings (SSSR count). The van der Waals surface area contributed by atoms with Crippen LogP contribution in [0.15, 0.2) is 21.6 Å². The van der Waals surface area contributed by atoms with Gasteiger partial charge in [0.1, 0.15) is 5.76 Å². The van der Waals surface area contributed by atoms with E-state index in [4.69, 9.17) is 4.42 Å². The van der Waals surface area contributed by atoms with Crippen LogP contribution in [0.1, 0.15) is 38.4 Å². The summed E-state index contributed by atoms with van der Waals surface area (Å²) in [5.74, 6) is 0.867. The van der Waals surface area contributed by atoms with Crippen molar-refractivity contribution in [1.82, 2.24) is 14.5 Å². The van der Waals surface area contributed by atoms with Crippen molar-refractivity contribution in [3.8, 4) is 0 Å². The van der Waals surface area contributed by atoms with E-state index in [1.807, 2.05) is 0 Å². The molecule has 0 saturated carbocycles. The number of likely N-dealkylation sites (tertiary alicyclic amines) is 1. The van der Waals surface area contributed by atoms with Crippen LogP contribution >= 0.6 is 0 Å². The molecule has 1 aromatic heterocycles. The predicted octanol–water partition coefficient (Wildman–Crippen LogP) is 1.66. The van der Waals surface area contributed by atoms with Gasteiger partial charge in [0.15, 0.2) is 0 Å². The topological polar surface area (TPSA) is 82.9 Å². The molecule has 1 aromatic rings. The maximum atomic E-state index is 12.1. The first-order valence-corrected chi connectivity index (χ1v) is 10.3. The molecule has 0 radical (unpaired) electrons. The number of unbranched alkanes of at least 4 members (excludes halogenated alkanes) is 1. The van der Waals surface area contributed by atoms with Crippen LogP contribution in [-0.4, -0.2) is 57.3 Å². The third kappa shape index (κ3) is 5.29. The lowest BCUT2D eigenvalue weighted by atomic mass is 9.96. The standard InChI is InChI=1S/C17H29N3O4S/c1-4-5-10-18-17(21)14-8-11-20(12-9-14)13-15-6-7-16(24-15)25(22,23)19(2)3/h6-7,14H,4-5,8-13H2,1-3H3,(H,18,21). The molecule has 1 fully saturated rings. The number of sulfonamides is 1. The monoisotopic (exact) mass is 371 g/mol. The van der Waals surface area contributed by atoms with Crippen LogP contribution in [0.2, 0.25) is 0 Å². The molecule has 2 heterocycles. The van der Waals surface area contributed by atoms with Gasteiger partial charge in [0.05, 0.1) is 6.54 Å². The average molecular weight is 372 g/mol. The van der Waals surface area contributed by atoms with Gasteiger partial charge in [-0.25, -0.2) is 12.7 Å². The lowest BCUT2D eigenvalue weighted by Gasteiger charge is -2.30.